The van der Waals surface area contributed by atoms with Gasteiger partial charge in [-0.25, -0.2) is 0 Å². The number of esters is 2. The number of carbonyl (C=O) groups excluding carboxylic acids is 2. The third-order valence-corrected chi connectivity index (χ3v) is 8.72. The predicted molar refractivity (Wildman–Crippen MR) is 160 cm³/mol. The van der Waals surface area contributed by atoms with Crippen molar-refractivity contribution in [1.82, 2.24) is 0 Å². The minimum absolute atomic E-state index is 0.0498. The van der Waals surface area contributed by atoms with Gasteiger partial charge in [0.25, 0.3) is 0 Å². The van der Waals surface area contributed by atoms with Crippen LogP contribution < -0.4 is 0 Å². The quantitative estimate of drug-likeness (QED) is 0.115. The summed E-state index contributed by atoms with van der Waals surface area (Å²) in [6.07, 6.45) is 17.1. The van der Waals surface area contributed by atoms with Gasteiger partial charge >= 0.3 is 11.9 Å². The average molecular weight is 537 g/mol. The maximum atomic E-state index is 12.5. The van der Waals surface area contributed by atoms with Crippen LogP contribution in [0.4, 0.5) is 0 Å². The van der Waals surface area contributed by atoms with Crippen LogP contribution in [0.2, 0.25) is 0 Å². The van der Waals surface area contributed by atoms with E-state index in [0.717, 1.165) is 51.4 Å². The fourth-order valence-electron chi connectivity index (χ4n) is 6.98. The molecule has 1 rings (SSSR count). The standard InChI is InChI=1S/C34H64O4/c1-9-21-33(5,6)25-27(3)15-11-13-23-37-31(35)29-17-19-30(20-18-29)32(36)38-24-14-12-16-28(4)26-34(7,8)22-10-2/h27-30H,9-26H2,1-8H3. The van der Waals surface area contributed by atoms with Crippen LogP contribution in [0.5, 0.6) is 0 Å². The fourth-order valence-corrected chi connectivity index (χ4v) is 6.98. The molecule has 0 saturated heterocycles. The van der Waals surface area contributed by atoms with Gasteiger partial charge in [-0.1, -0.05) is 81.1 Å². The molecule has 224 valence electrons. The highest BCUT2D eigenvalue weighted by atomic mass is 16.5. The van der Waals surface area contributed by atoms with Crippen LogP contribution in [-0.4, -0.2) is 25.2 Å². The summed E-state index contributed by atoms with van der Waals surface area (Å²) in [6.45, 7) is 19.8. The van der Waals surface area contributed by atoms with Gasteiger partial charge in [-0.2, -0.15) is 0 Å². The number of carbonyl (C=O) groups is 2. The Bertz CT molecular complexity index is 589. The first-order valence-corrected chi connectivity index (χ1v) is 16.2. The molecule has 1 aliphatic carbocycles. The second kappa shape index (κ2) is 18.3. The predicted octanol–water partition coefficient (Wildman–Crippen LogP) is 9.92. The Hall–Kier alpha value is -1.06. The second-order valence-electron chi connectivity index (χ2n) is 14.3. The Kier molecular flexibility index (Phi) is 16.9. The van der Waals surface area contributed by atoms with Gasteiger partial charge in [0.2, 0.25) is 0 Å². The van der Waals surface area contributed by atoms with Crippen molar-refractivity contribution in [3.63, 3.8) is 0 Å². The van der Waals surface area contributed by atoms with E-state index in [1.54, 1.807) is 0 Å². The van der Waals surface area contributed by atoms with Gasteiger partial charge < -0.3 is 9.47 Å². The molecular formula is C34H64O4. The molecule has 0 aromatic carbocycles. The molecule has 4 nitrogen and oxygen atoms in total. The van der Waals surface area contributed by atoms with E-state index in [1.807, 2.05) is 0 Å². The summed E-state index contributed by atoms with van der Waals surface area (Å²) < 4.78 is 11.2. The molecule has 38 heavy (non-hydrogen) atoms. The summed E-state index contributed by atoms with van der Waals surface area (Å²) in [6, 6.07) is 0. The lowest BCUT2D eigenvalue weighted by Gasteiger charge is -2.28. The summed E-state index contributed by atoms with van der Waals surface area (Å²) in [5.41, 5.74) is 0.853. The maximum Gasteiger partial charge on any atom is 0.308 e. The lowest BCUT2D eigenvalue weighted by Crippen LogP contribution is -2.28. The zero-order chi connectivity index (χ0) is 28.6. The fraction of sp³-hybridized carbons (Fsp3) is 0.941. The molecule has 4 heteroatoms. The number of ether oxygens (including phenoxy) is 2. The van der Waals surface area contributed by atoms with E-state index in [2.05, 4.69) is 55.4 Å². The first kappa shape index (κ1) is 35.0. The van der Waals surface area contributed by atoms with Gasteiger partial charge in [-0.05, 0) is 99.7 Å². The Labute approximate surface area is 236 Å². The molecule has 0 spiro atoms. The molecule has 1 fully saturated rings. The van der Waals surface area contributed by atoms with Crippen LogP contribution in [0.15, 0.2) is 0 Å². The van der Waals surface area contributed by atoms with Crippen molar-refractivity contribution in [2.75, 3.05) is 13.2 Å². The lowest BCUT2D eigenvalue weighted by atomic mass is 9.78. The number of hydrogen-bond donors (Lipinski definition) is 0. The molecule has 0 amide bonds. The largest absolute Gasteiger partial charge is 0.465 e. The minimum Gasteiger partial charge on any atom is -0.465 e. The van der Waals surface area contributed by atoms with Crippen LogP contribution in [0.25, 0.3) is 0 Å². The van der Waals surface area contributed by atoms with Crippen molar-refractivity contribution in [1.29, 1.82) is 0 Å². The van der Waals surface area contributed by atoms with Gasteiger partial charge in [0.1, 0.15) is 0 Å². The van der Waals surface area contributed by atoms with Gasteiger partial charge in [0, 0.05) is 0 Å². The Morgan fingerprint density at radius 2 is 1.00 bits per heavy atom. The third kappa shape index (κ3) is 15.5. The van der Waals surface area contributed by atoms with Crippen LogP contribution in [0.1, 0.15) is 158 Å². The number of hydrogen-bond acceptors (Lipinski definition) is 4. The molecule has 2 unspecified atom stereocenters. The molecular weight excluding hydrogens is 472 g/mol. The smallest absolute Gasteiger partial charge is 0.308 e. The average Bonchev–Trinajstić information content (AvgIpc) is 2.82. The van der Waals surface area contributed by atoms with E-state index in [4.69, 9.17) is 9.47 Å². The summed E-state index contributed by atoms with van der Waals surface area (Å²) in [7, 11) is 0. The van der Waals surface area contributed by atoms with Crippen molar-refractivity contribution in [3.05, 3.63) is 0 Å². The van der Waals surface area contributed by atoms with Crippen molar-refractivity contribution in [2.45, 2.75) is 158 Å². The molecule has 0 heterocycles. The van der Waals surface area contributed by atoms with Crippen LogP contribution in [-0.2, 0) is 19.1 Å². The molecule has 0 bridgehead atoms. The highest BCUT2D eigenvalue weighted by Crippen LogP contribution is 2.34. The Morgan fingerprint density at radius 1 is 0.658 bits per heavy atom. The normalized spacial score (nSPS) is 20.1. The summed E-state index contributed by atoms with van der Waals surface area (Å²) in [5.74, 6) is 1.20. The Balaban J connectivity index is 2.13. The third-order valence-electron chi connectivity index (χ3n) is 8.72. The molecule has 0 aromatic heterocycles. The van der Waals surface area contributed by atoms with Crippen LogP contribution in [0.3, 0.4) is 0 Å². The monoisotopic (exact) mass is 536 g/mol. The Morgan fingerprint density at radius 3 is 1.32 bits per heavy atom. The SMILES string of the molecule is CCCC(C)(C)CC(C)CCCCOC(=O)C1CCC(C(=O)OCCCCC(C)CC(C)(C)CCC)CC1. The molecule has 0 aliphatic heterocycles. The van der Waals surface area contributed by atoms with E-state index < -0.39 is 0 Å². The number of unbranched alkanes of at least 4 members (excludes halogenated alkanes) is 2. The first-order chi connectivity index (χ1) is 17.9. The minimum atomic E-state index is -0.0646. The van der Waals surface area contributed by atoms with Gasteiger partial charge in [-0.3, -0.25) is 9.59 Å². The summed E-state index contributed by atoms with van der Waals surface area (Å²) in [5, 5.41) is 0. The molecule has 1 aliphatic rings. The van der Waals surface area contributed by atoms with Crippen molar-refractivity contribution in [2.24, 2.45) is 34.5 Å². The molecule has 2 atom stereocenters. The second-order valence-corrected chi connectivity index (χ2v) is 14.3. The van der Waals surface area contributed by atoms with E-state index >= 15 is 0 Å². The van der Waals surface area contributed by atoms with Crippen LogP contribution in [0, 0.1) is 34.5 Å². The zero-order valence-electron chi connectivity index (χ0n) is 26.7. The van der Waals surface area contributed by atoms with Crippen molar-refractivity contribution >= 4 is 11.9 Å². The molecule has 1 saturated carbocycles. The lowest BCUT2D eigenvalue weighted by molar-refractivity contribution is -0.155. The van der Waals surface area contributed by atoms with Crippen molar-refractivity contribution in [3.8, 4) is 0 Å². The van der Waals surface area contributed by atoms with Gasteiger partial charge in [-0.15, -0.1) is 0 Å². The molecule has 0 radical (unpaired) electrons. The van der Waals surface area contributed by atoms with Gasteiger partial charge in [0.05, 0.1) is 25.0 Å². The molecule has 0 N–H and O–H groups in total. The topological polar surface area (TPSA) is 52.6 Å². The maximum absolute atomic E-state index is 12.5. The molecule has 0 aromatic rings. The summed E-state index contributed by atoms with van der Waals surface area (Å²) in [4.78, 5) is 25.0. The summed E-state index contributed by atoms with van der Waals surface area (Å²) >= 11 is 0. The van der Waals surface area contributed by atoms with E-state index in [0.29, 0.717) is 35.9 Å². The zero-order valence-corrected chi connectivity index (χ0v) is 26.7. The number of rotatable bonds is 20. The highest BCUT2D eigenvalue weighted by molar-refractivity contribution is 5.75. The highest BCUT2D eigenvalue weighted by Gasteiger charge is 2.31. The van der Waals surface area contributed by atoms with E-state index in [-0.39, 0.29) is 23.8 Å². The van der Waals surface area contributed by atoms with Gasteiger partial charge in [0.15, 0.2) is 0 Å². The van der Waals surface area contributed by atoms with E-state index in [1.165, 1.54) is 51.4 Å². The van der Waals surface area contributed by atoms with E-state index in [9.17, 15) is 9.59 Å². The van der Waals surface area contributed by atoms with Crippen LogP contribution >= 0.6 is 0 Å². The first-order valence-electron chi connectivity index (χ1n) is 16.2. The van der Waals surface area contributed by atoms with Crippen molar-refractivity contribution < 1.29 is 19.1 Å².